The first-order valence-corrected chi connectivity index (χ1v) is 10.1. The molecule has 0 saturated carbocycles. The zero-order valence-electron chi connectivity index (χ0n) is 16.0. The van der Waals surface area contributed by atoms with E-state index in [4.69, 9.17) is 4.42 Å². The fourth-order valence-electron chi connectivity index (χ4n) is 4.25. The molecule has 4 rings (SSSR count). The van der Waals surface area contributed by atoms with Crippen molar-refractivity contribution in [3.8, 4) is 0 Å². The fraction of sp³-hybridized carbons (Fsp3) is 0.571. The van der Waals surface area contributed by atoms with Gasteiger partial charge in [-0.15, -0.1) is 0 Å². The number of hydrogen-bond donors (Lipinski definition) is 0. The summed E-state index contributed by atoms with van der Waals surface area (Å²) in [6, 6.07) is 8.07. The van der Waals surface area contributed by atoms with Gasteiger partial charge in [-0.2, -0.15) is 0 Å². The van der Waals surface area contributed by atoms with Crippen LogP contribution in [0.2, 0.25) is 0 Å². The van der Waals surface area contributed by atoms with Gasteiger partial charge in [0, 0.05) is 58.2 Å². The van der Waals surface area contributed by atoms with Gasteiger partial charge in [0.15, 0.2) is 0 Å². The van der Waals surface area contributed by atoms with Gasteiger partial charge in [0.05, 0.1) is 18.7 Å². The highest BCUT2D eigenvalue weighted by Crippen LogP contribution is 2.21. The lowest BCUT2D eigenvalue weighted by atomic mass is 9.96. The van der Waals surface area contributed by atoms with Crippen LogP contribution in [0.5, 0.6) is 0 Å². The van der Waals surface area contributed by atoms with Crippen molar-refractivity contribution < 1.29 is 9.21 Å². The molecule has 1 atom stereocenters. The quantitative estimate of drug-likeness (QED) is 0.782. The predicted molar refractivity (Wildman–Crippen MR) is 104 cm³/mol. The highest BCUT2D eigenvalue weighted by Gasteiger charge is 2.31. The summed E-state index contributed by atoms with van der Waals surface area (Å²) in [6.07, 6.45) is 8.04. The summed E-state index contributed by atoms with van der Waals surface area (Å²) in [5.41, 5.74) is 0. The molecule has 0 bridgehead atoms. The molecule has 2 aliphatic rings. The first-order valence-electron chi connectivity index (χ1n) is 10.1. The van der Waals surface area contributed by atoms with Gasteiger partial charge in [-0.3, -0.25) is 14.6 Å². The lowest BCUT2D eigenvalue weighted by molar-refractivity contribution is -0.139. The molecule has 2 aromatic heterocycles. The van der Waals surface area contributed by atoms with Crippen molar-refractivity contribution in [2.45, 2.75) is 25.9 Å². The molecule has 0 N–H and O–H groups in total. The third kappa shape index (κ3) is 4.82. The topological polar surface area (TPSA) is 44.9 Å². The van der Waals surface area contributed by atoms with Crippen LogP contribution in [-0.2, 0) is 17.9 Å². The van der Waals surface area contributed by atoms with E-state index < -0.39 is 0 Å². The van der Waals surface area contributed by atoms with Crippen molar-refractivity contribution in [1.29, 1.82) is 0 Å². The van der Waals surface area contributed by atoms with Gasteiger partial charge >= 0.3 is 0 Å². The van der Waals surface area contributed by atoms with Crippen LogP contribution in [0, 0.1) is 5.92 Å². The average molecular weight is 370 g/mol. The Kier molecular flexibility index (Phi) is 5.94. The minimum Gasteiger partial charge on any atom is -0.468 e. The Bertz CT molecular complexity index is 690. The van der Waals surface area contributed by atoms with Crippen LogP contribution >= 0.6 is 0 Å². The average Bonchev–Trinajstić information content (AvgIpc) is 3.41. The number of hydrogen-bond acceptors (Lipinski definition) is 4. The van der Waals surface area contributed by atoms with Crippen molar-refractivity contribution in [1.82, 2.24) is 19.3 Å². The van der Waals surface area contributed by atoms with Crippen LogP contribution in [0.3, 0.4) is 0 Å². The van der Waals surface area contributed by atoms with Crippen LogP contribution in [-0.4, -0.2) is 71.0 Å². The highest BCUT2D eigenvalue weighted by atomic mass is 16.3. The molecule has 2 fully saturated rings. The second-order valence-electron chi connectivity index (χ2n) is 7.74. The van der Waals surface area contributed by atoms with Crippen molar-refractivity contribution in [2.75, 3.05) is 45.8 Å². The number of amides is 1. The Morgan fingerprint density at radius 2 is 1.81 bits per heavy atom. The van der Waals surface area contributed by atoms with E-state index in [1.165, 1.54) is 0 Å². The predicted octanol–water partition coefficient (Wildman–Crippen LogP) is 2.14. The van der Waals surface area contributed by atoms with Gasteiger partial charge in [-0.05, 0) is 43.7 Å². The third-order valence-corrected chi connectivity index (χ3v) is 5.84. The molecule has 0 aromatic carbocycles. The molecule has 2 aliphatic heterocycles. The Hall–Kier alpha value is -2.05. The number of rotatable bonds is 6. The first kappa shape index (κ1) is 18.3. The monoisotopic (exact) mass is 370 g/mol. The largest absolute Gasteiger partial charge is 0.468 e. The molecule has 0 aliphatic carbocycles. The van der Waals surface area contributed by atoms with E-state index in [1.807, 2.05) is 12.1 Å². The molecule has 146 valence electrons. The van der Waals surface area contributed by atoms with Crippen molar-refractivity contribution in [3.05, 3.63) is 48.7 Å². The second-order valence-corrected chi connectivity index (χ2v) is 7.74. The summed E-state index contributed by atoms with van der Waals surface area (Å²) in [5.74, 6) is 1.48. The minimum absolute atomic E-state index is 0.139. The maximum absolute atomic E-state index is 13.0. The molecule has 4 heterocycles. The molecule has 0 radical (unpaired) electrons. The summed E-state index contributed by atoms with van der Waals surface area (Å²) >= 11 is 0. The van der Waals surface area contributed by atoms with Crippen LogP contribution in [0.4, 0.5) is 0 Å². The molecule has 0 unspecified atom stereocenters. The van der Waals surface area contributed by atoms with Crippen molar-refractivity contribution in [3.63, 3.8) is 0 Å². The summed E-state index contributed by atoms with van der Waals surface area (Å²) < 4.78 is 7.68. The molecule has 27 heavy (non-hydrogen) atoms. The van der Waals surface area contributed by atoms with E-state index in [9.17, 15) is 4.79 Å². The molecule has 2 saturated heterocycles. The van der Waals surface area contributed by atoms with Crippen LogP contribution < -0.4 is 0 Å². The van der Waals surface area contributed by atoms with E-state index in [1.54, 1.807) is 6.26 Å². The maximum Gasteiger partial charge on any atom is 0.227 e. The molecular formula is C21H30N4O2. The summed E-state index contributed by atoms with van der Waals surface area (Å²) in [4.78, 5) is 19.9. The van der Waals surface area contributed by atoms with E-state index in [0.29, 0.717) is 5.91 Å². The summed E-state index contributed by atoms with van der Waals surface area (Å²) in [7, 11) is 0. The Labute approximate surface area is 161 Å². The third-order valence-electron chi connectivity index (χ3n) is 5.84. The van der Waals surface area contributed by atoms with Crippen LogP contribution in [0.25, 0.3) is 0 Å². The van der Waals surface area contributed by atoms with Gasteiger partial charge in [-0.25, -0.2) is 0 Å². The van der Waals surface area contributed by atoms with E-state index in [-0.39, 0.29) is 5.92 Å². The molecule has 2 aromatic rings. The standard InChI is InChI=1S/C21H30N4O2/c26-21(19-5-3-9-24(17-19)18-20-6-4-16-27-20)25-14-12-23(13-15-25)11-10-22-7-1-2-8-22/h1-2,4,6-8,16,19H,3,5,9-15,17-18H2/t19-/m0/s1. The first-order chi connectivity index (χ1) is 13.3. The Morgan fingerprint density at radius 3 is 2.56 bits per heavy atom. The van der Waals surface area contributed by atoms with E-state index in [2.05, 4.69) is 43.8 Å². The normalized spacial score (nSPS) is 22.2. The van der Waals surface area contributed by atoms with Crippen molar-refractivity contribution in [2.24, 2.45) is 5.92 Å². The summed E-state index contributed by atoms with van der Waals surface area (Å²) in [5, 5.41) is 0. The smallest absolute Gasteiger partial charge is 0.227 e. The molecule has 6 heteroatoms. The second kappa shape index (κ2) is 8.76. The zero-order valence-corrected chi connectivity index (χ0v) is 16.0. The number of likely N-dealkylation sites (tertiary alicyclic amines) is 1. The highest BCUT2D eigenvalue weighted by molar-refractivity contribution is 5.79. The van der Waals surface area contributed by atoms with Crippen LogP contribution in [0.15, 0.2) is 47.3 Å². The maximum atomic E-state index is 13.0. The Morgan fingerprint density at radius 1 is 1.00 bits per heavy atom. The van der Waals surface area contributed by atoms with Crippen LogP contribution in [0.1, 0.15) is 18.6 Å². The van der Waals surface area contributed by atoms with Gasteiger partial charge in [0.2, 0.25) is 5.91 Å². The summed E-state index contributed by atoms with van der Waals surface area (Å²) in [6.45, 7) is 8.47. The number of carbonyl (C=O) groups is 1. The molecule has 6 nitrogen and oxygen atoms in total. The molecular weight excluding hydrogens is 340 g/mol. The van der Waals surface area contributed by atoms with Gasteiger partial charge in [0.1, 0.15) is 5.76 Å². The number of piperazine rings is 1. The van der Waals surface area contributed by atoms with E-state index in [0.717, 1.165) is 77.5 Å². The number of piperidine rings is 1. The zero-order chi connectivity index (χ0) is 18.5. The number of furan rings is 1. The van der Waals surface area contributed by atoms with Crippen molar-refractivity contribution >= 4 is 5.91 Å². The lowest BCUT2D eigenvalue weighted by Crippen LogP contribution is -2.52. The van der Waals surface area contributed by atoms with Gasteiger partial charge < -0.3 is 13.9 Å². The van der Waals surface area contributed by atoms with Gasteiger partial charge in [0.25, 0.3) is 0 Å². The lowest BCUT2D eigenvalue weighted by Gasteiger charge is -2.39. The van der Waals surface area contributed by atoms with E-state index >= 15 is 0 Å². The molecule has 1 amide bonds. The molecule has 0 spiro atoms. The number of nitrogens with zero attached hydrogens (tertiary/aromatic N) is 4. The number of carbonyl (C=O) groups excluding carboxylic acids is 1. The minimum atomic E-state index is 0.139. The Balaban J connectivity index is 1.22. The van der Waals surface area contributed by atoms with Gasteiger partial charge in [-0.1, -0.05) is 0 Å². The number of aromatic nitrogens is 1. The fourth-order valence-corrected chi connectivity index (χ4v) is 4.25. The SMILES string of the molecule is O=C([C@H]1CCCN(Cc2ccco2)C1)N1CCN(CCn2cccc2)CC1.